The highest BCUT2D eigenvalue weighted by molar-refractivity contribution is 6.31. The number of rotatable bonds is 4. The predicted octanol–water partition coefficient (Wildman–Crippen LogP) is 4.75. The molecule has 23 heavy (non-hydrogen) atoms. The molecule has 0 amide bonds. The first-order valence-corrected chi connectivity index (χ1v) is 7.49. The van der Waals surface area contributed by atoms with Crippen LogP contribution in [0.1, 0.15) is 6.92 Å². The number of ether oxygens (including phenoxy) is 1. The second kappa shape index (κ2) is 6.30. The highest BCUT2D eigenvalue weighted by Crippen LogP contribution is 2.32. The van der Waals surface area contributed by atoms with E-state index in [4.69, 9.17) is 22.1 Å². The van der Waals surface area contributed by atoms with Crippen molar-refractivity contribution >= 4 is 39.6 Å². The molecule has 0 bridgehead atoms. The molecule has 0 radical (unpaired) electrons. The van der Waals surface area contributed by atoms with Crippen molar-refractivity contribution in [2.45, 2.75) is 6.92 Å². The Balaban J connectivity index is 2.03. The van der Waals surface area contributed by atoms with Crippen molar-refractivity contribution < 1.29 is 9.13 Å². The van der Waals surface area contributed by atoms with Gasteiger partial charge < -0.3 is 15.8 Å². The summed E-state index contributed by atoms with van der Waals surface area (Å²) >= 11 is 5.81. The molecule has 0 saturated carbocycles. The minimum atomic E-state index is -0.464. The highest BCUT2D eigenvalue weighted by Gasteiger charge is 2.09. The van der Waals surface area contributed by atoms with Crippen LogP contribution in [-0.4, -0.2) is 11.6 Å². The number of fused-ring (bicyclic) bond motifs is 1. The van der Waals surface area contributed by atoms with Gasteiger partial charge in [-0.2, -0.15) is 0 Å². The average molecular weight is 332 g/mol. The van der Waals surface area contributed by atoms with Crippen molar-refractivity contribution in [1.82, 2.24) is 4.98 Å². The normalized spacial score (nSPS) is 10.7. The smallest absolute Gasteiger partial charge is 0.142 e. The monoisotopic (exact) mass is 331 g/mol. The Hall–Kier alpha value is -2.53. The Kier molecular flexibility index (Phi) is 4.21. The maximum atomic E-state index is 13.3. The number of pyridine rings is 1. The molecule has 0 spiro atoms. The first-order chi connectivity index (χ1) is 11.1. The molecule has 0 atom stereocenters. The summed E-state index contributed by atoms with van der Waals surface area (Å²) in [7, 11) is 0. The summed E-state index contributed by atoms with van der Waals surface area (Å²) in [5.74, 6) is 0.788. The van der Waals surface area contributed by atoms with E-state index in [2.05, 4.69) is 10.3 Å². The van der Waals surface area contributed by atoms with Gasteiger partial charge in [0, 0.05) is 17.3 Å². The molecule has 0 aliphatic carbocycles. The second-order valence-electron chi connectivity index (χ2n) is 4.96. The van der Waals surface area contributed by atoms with Gasteiger partial charge in [-0.15, -0.1) is 0 Å². The van der Waals surface area contributed by atoms with Crippen LogP contribution in [0, 0.1) is 5.82 Å². The molecular weight excluding hydrogens is 317 g/mol. The van der Waals surface area contributed by atoms with E-state index in [-0.39, 0.29) is 5.02 Å². The molecule has 0 unspecified atom stereocenters. The summed E-state index contributed by atoms with van der Waals surface area (Å²) in [5.41, 5.74) is 7.20. The van der Waals surface area contributed by atoms with Gasteiger partial charge in [0.2, 0.25) is 0 Å². The van der Waals surface area contributed by atoms with Gasteiger partial charge in [0.05, 0.1) is 17.3 Å². The van der Waals surface area contributed by atoms with E-state index in [1.165, 1.54) is 12.1 Å². The number of halogens is 2. The van der Waals surface area contributed by atoms with E-state index in [1.807, 2.05) is 19.1 Å². The first-order valence-electron chi connectivity index (χ1n) is 7.11. The number of hydrogen-bond acceptors (Lipinski definition) is 4. The van der Waals surface area contributed by atoms with E-state index in [1.54, 1.807) is 18.3 Å². The van der Waals surface area contributed by atoms with Crippen molar-refractivity contribution in [2.24, 2.45) is 0 Å². The van der Waals surface area contributed by atoms with E-state index in [9.17, 15) is 4.39 Å². The fourth-order valence-corrected chi connectivity index (χ4v) is 2.49. The van der Waals surface area contributed by atoms with Gasteiger partial charge in [-0.25, -0.2) is 9.37 Å². The Morgan fingerprint density at radius 2 is 2.09 bits per heavy atom. The van der Waals surface area contributed by atoms with Crippen LogP contribution in [0.4, 0.5) is 21.6 Å². The molecule has 3 N–H and O–H groups in total. The van der Waals surface area contributed by atoms with Gasteiger partial charge in [0.15, 0.2) is 0 Å². The molecule has 0 fully saturated rings. The molecule has 118 valence electrons. The fourth-order valence-electron chi connectivity index (χ4n) is 2.31. The zero-order chi connectivity index (χ0) is 16.4. The Bertz CT molecular complexity index is 870. The van der Waals surface area contributed by atoms with Crippen molar-refractivity contribution in [3.05, 3.63) is 53.4 Å². The highest BCUT2D eigenvalue weighted by atomic mass is 35.5. The molecular formula is C17H15ClFN3O. The number of nitrogens with two attached hydrogens (primary N) is 1. The number of hydrogen-bond donors (Lipinski definition) is 2. The molecule has 6 heteroatoms. The molecule has 1 heterocycles. The van der Waals surface area contributed by atoms with E-state index in [0.717, 1.165) is 10.8 Å². The van der Waals surface area contributed by atoms with Gasteiger partial charge in [0.25, 0.3) is 0 Å². The van der Waals surface area contributed by atoms with Crippen LogP contribution in [-0.2, 0) is 0 Å². The standard InChI is InChI=1S/C17H15ClFN3O/c1-2-23-16-7-10-5-6-21-17(12(10)9-15(16)20)22-11-3-4-14(19)13(18)8-11/h3-9H,2,20H2,1H3,(H,21,22). The minimum Gasteiger partial charge on any atom is -0.492 e. The van der Waals surface area contributed by atoms with Crippen LogP contribution in [0.25, 0.3) is 10.8 Å². The third kappa shape index (κ3) is 3.14. The summed E-state index contributed by atoms with van der Waals surface area (Å²) in [6, 6.07) is 9.96. The van der Waals surface area contributed by atoms with Crippen LogP contribution < -0.4 is 15.8 Å². The summed E-state index contributed by atoms with van der Waals surface area (Å²) in [4.78, 5) is 4.33. The maximum Gasteiger partial charge on any atom is 0.142 e. The van der Waals surface area contributed by atoms with Crippen LogP contribution in [0.5, 0.6) is 5.75 Å². The number of nitrogens with one attached hydrogen (secondary N) is 1. The molecule has 3 aromatic rings. The van der Waals surface area contributed by atoms with E-state index < -0.39 is 5.82 Å². The third-order valence-corrected chi connectivity index (χ3v) is 3.67. The molecule has 1 aromatic heterocycles. The minimum absolute atomic E-state index is 0.0494. The Morgan fingerprint density at radius 3 is 2.83 bits per heavy atom. The SMILES string of the molecule is CCOc1cc2ccnc(Nc3ccc(F)c(Cl)c3)c2cc1N. The van der Waals surface area contributed by atoms with E-state index >= 15 is 0 Å². The lowest BCUT2D eigenvalue weighted by Crippen LogP contribution is -1.99. The maximum absolute atomic E-state index is 13.3. The van der Waals surface area contributed by atoms with Gasteiger partial charge in [-0.3, -0.25) is 0 Å². The van der Waals surface area contributed by atoms with Gasteiger partial charge in [-0.1, -0.05) is 11.6 Å². The van der Waals surface area contributed by atoms with Gasteiger partial charge in [0.1, 0.15) is 17.4 Å². The Morgan fingerprint density at radius 1 is 1.26 bits per heavy atom. The predicted molar refractivity (Wildman–Crippen MR) is 92.0 cm³/mol. The van der Waals surface area contributed by atoms with Gasteiger partial charge >= 0.3 is 0 Å². The van der Waals surface area contributed by atoms with Crippen LogP contribution in [0.15, 0.2) is 42.6 Å². The summed E-state index contributed by atoms with van der Waals surface area (Å²) < 4.78 is 18.8. The topological polar surface area (TPSA) is 60.2 Å². The van der Waals surface area contributed by atoms with E-state index in [0.29, 0.717) is 29.5 Å². The number of anilines is 3. The zero-order valence-electron chi connectivity index (χ0n) is 12.4. The largest absolute Gasteiger partial charge is 0.492 e. The molecule has 0 saturated heterocycles. The average Bonchev–Trinajstić information content (AvgIpc) is 2.53. The summed E-state index contributed by atoms with van der Waals surface area (Å²) in [6.45, 7) is 2.45. The van der Waals surface area contributed by atoms with Crippen molar-refractivity contribution in [1.29, 1.82) is 0 Å². The number of nitrogen functional groups attached to an aromatic ring is 1. The van der Waals surface area contributed by atoms with Crippen molar-refractivity contribution in [3.8, 4) is 5.75 Å². The second-order valence-corrected chi connectivity index (χ2v) is 5.36. The van der Waals surface area contributed by atoms with Crippen molar-refractivity contribution in [2.75, 3.05) is 17.7 Å². The quantitative estimate of drug-likeness (QED) is 0.677. The lowest BCUT2D eigenvalue weighted by atomic mass is 10.1. The van der Waals surface area contributed by atoms with Crippen LogP contribution in [0.2, 0.25) is 5.02 Å². The molecule has 4 nitrogen and oxygen atoms in total. The summed E-state index contributed by atoms with van der Waals surface area (Å²) in [6.07, 6.45) is 1.68. The van der Waals surface area contributed by atoms with Crippen LogP contribution >= 0.6 is 11.6 Å². The lowest BCUT2D eigenvalue weighted by Gasteiger charge is -2.12. The van der Waals surface area contributed by atoms with Gasteiger partial charge in [-0.05, 0) is 48.7 Å². The molecule has 0 aliphatic heterocycles. The number of aromatic nitrogens is 1. The number of benzene rings is 2. The number of nitrogens with zero attached hydrogens (tertiary/aromatic N) is 1. The van der Waals surface area contributed by atoms with Crippen molar-refractivity contribution in [3.63, 3.8) is 0 Å². The zero-order valence-corrected chi connectivity index (χ0v) is 13.2. The summed E-state index contributed by atoms with van der Waals surface area (Å²) in [5, 5.41) is 4.96. The molecule has 3 rings (SSSR count). The fraction of sp³-hybridized carbons (Fsp3) is 0.118. The Labute approximate surface area is 138 Å². The lowest BCUT2D eigenvalue weighted by molar-refractivity contribution is 0.342. The molecule has 2 aromatic carbocycles. The molecule has 0 aliphatic rings. The third-order valence-electron chi connectivity index (χ3n) is 3.38. The van der Waals surface area contributed by atoms with Crippen LogP contribution in [0.3, 0.4) is 0 Å². The first kappa shape index (κ1) is 15.4.